The second-order valence-corrected chi connectivity index (χ2v) is 12.1. The Morgan fingerprint density at radius 3 is 2.50 bits per heavy atom. The summed E-state index contributed by atoms with van der Waals surface area (Å²) in [5.41, 5.74) is 3.05. The van der Waals surface area contributed by atoms with Gasteiger partial charge in [-0.2, -0.15) is 0 Å². The molecular weight excluding hydrogens is 428 g/mol. The largest absolute Gasteiger partial charge is 0.479 e. The molecule has 0 aromatic heterocycles. The first kappa shape index (κ1) is 25.7. The summed E-state index contributed by atoms with van der Waals surface area (Å²) < 4.78 is 6.36. The fourth-order valence-electron chi connectivity index (χ4n) is 7.72. The molecule has 8 atom stereocenters. The summed E-state index contributed by atoms with van der Waals surface area (Å²) in [7, 11) is 0. The Bertz CT molecular complexity index is 911. The summed E-state index contributed by atoms with van der Waals surface area (Å²) in [5, 5.41) is 31.3. The number of rotatable bonds is 7. The molecular formula is C29H44O5. The van der Waals surface area contributed by atoms with Crippen LogP contribution in [0, 0.1) is 28.1 Å². The lowest BCUT2D eigenvalue weighted by Gasteiger charge is -2.56. The fraction of sp³-hybridized carbons (Fsp3) is 0.759. The average molecular weight is 473 g/mol. The van der Waals surface area contributed by atoms with Crippen LogP contribution in [0.4, 0.5) is 0 Å². The summed E-state index contributed by atoms with van der Waals surface area (Å²) in [6.07, 6.45) is 10.1. The van der Waals surface area contributed by atoms with Gasteiger partial charge in [0, 0.05) is 17.3 Å². The van der Waals surface area contributed by atoms with E-state index in [1.807, 2.05) is 27.7 Å². The van der Waals surface area contributed by atoms with Gasteiger partial charge < -0.3 is 20.1 Å². The summed E-state index contributed by atoms with van der Waals surface area (Å²) in [4.78, 5) is 12.2. The van der Waals surface area contributed by atoms with Gasteiger partial charge in [0.1, 0.15) is 0 Å². The SMILES string of the molecule is CCC(C)(CC)C(O[C@@H](C)C1=CC[C@H]2C3=CC=C4C[C@@H](O)C[C@H](O)[C@]4(C)[C@H]3CC[C@]12C)C(=O)O. The van der Waals surface area contributed by atoms with Gasteiger partial charge in [-0.1, -0.05) is 64.0 Å². The minimum absolute atomic E-state index is 0.0690. The molecule has 3 N–H and O–H groups in total. The Morgan fingerprint density at radius 1 is 1.21 bits per heavy atom. The lowest BCUT2D eigenvalue weighted by atomic mass is 9.49. The molecule has 0 radical (unpaired) electrons. The molecule has 0 bridgehead atoms. The van der Waals surface area contributed by atoms with Crippen molar-refractivity contribution in [2.45, 2.75) is 111 Å². The summed E-state index contributed by atoms with van der Waals surface area (Å²) in [6, 6.07) is 0. The molecule has 1 unspecified atom stereocenters. The molecule has 0 saturated heterocycles. The number of carboxylic acids is 1. The highest BCUT2D eigenvalue weighted by Crippen LogP contribution is 2.64. The molecule has 0 amide bonds. The number of ether oxygens (including phenoxy) is 1. The normalized spacial score (nSPS) is 39.1. The molecule has 0 spiro atoms. The Balaban J connectivity index is 1.60. The third-order valence-electron chi connectivity index (χ3n) is 10.5. The standard InChI is InChI=1S/C29H44O5/c1-7-27(4,8-2)25(26(32)33)34-17(3)21-11-12-22-20-10-9-18-15-19(30)16-24(31)29(18,6)23(20)13-14-28(21,22)5/h9-11,17,19,22-25,30-31H,7-8,12-16H2,1-6H3,(H,32,33)/t17-,19+,22-,23-,24-,25?,28+,29-/m0/s1. The predicted molar refractivity (Wildman–Crippen MR) is 133 cm³/mol. The maximum atomic E-state index is 12.2. The van der Waals surface area contributed by atoms with Crippen LogP contribution in [0.2, 0.25) is 0 Å². The van der Waals surface area contributed by atoms with Gasteiger partial charge in [-0.3, -0.25) is 0 Å². The summed E-state index contributed by atoms with van der Waals surface area (Å²) in [6.45, 7) is 12.6. The van der Waals surface area contributed by atoms with Crippen LogP contribution < -0.4 is 0 Å². The fourth-order valence-corrected chi connectivity index (χ4v) is 7.72. The lowest BCUT2D eigenvalue weighted by molar-refractivity contribution is -0.164. The second-order valence-electron chi connectivity index (χ2n) is 12.1. The molecule has 2 fully saturated rings. The van der Waals surface area contributed by atoms with Gasteiger partial charge >= 0.3 is 5.97 Å². The van der Waals surface area contributed by atoms with Crippen LogP contribution in [-0.4, -0.2) is 45.7 Å². The molecule has 0 heterocycles. The predicted octanol–water partition coefficient (Wildman–Crippen LogP) is 5.42. The van der Waals surface area contributed by atoms with E-state index in [2.05, 4.69) is 32.1 Å². The average Bonchev–Trinajstić information content (AvgIpc) is 3.15. The van der Waals surface area contributed by atoms with Crippen molar-refractivity contribution in [3.63, 3.8) is 0 Å². The second kappa shape index (κ2) is 8.90. The van der Waals surface area contributed by atoms with E-state index in [9.17, 15) is 20.1 Å². The number of carboxylic acid groups (broad SMARTS) is 1. The minimum Gasteiger partial charge on any atom is -0.479 e. The van der Waals surface area contributed by atoms with Crippen LogP contribution in [0.5, 0.6) is 0 Å². The molecule has 0 aromatic carbocycles. The van der Waals surface area contributed by atoms with Crippen molar-refractivity contribution in [2.75, 3.05) is 0 Å². The van der Waals surface area contributed by atoms with Gasteiger partial charge in [-0.05, 0) is 68.3 Å². The van der Waals surface area contributed by atoms with E-state index < -0.39 is 29.7 Å². The van der Waals surface area contributed by atoms with Gasteiger partial charge in [0.05, 0.1) is 18.3 Å². The van der Waals surface area contributed by atoms with Crippen molar-refractivity contribution in [1.82, 2.24) is 0 Å². The number of hydrogen-bond acceptors (Lipinski definition) is 4. The van der Waals surface area contributed by atoms with Crippen LogP contribution in [0.1, 0.15) is 86.5 Å². The van der Waals surface area contributed by atoms with Crippen LogP contribution in [-0.2, 0) is 9.53 Å². The van der Waals surface area contributed by atoms with E-state index in [-0.39, 0.29) is 22.9 Å². The molecule has 4 aliphatic rings. The monoisotopic (exact) mass is 472 g/mol. The highest BCUT2D eigenvalue weighted by atomic mass is 16.5. The molecule has 4 rings (SSSR count). The van der Waals surface area contributed by atoms with E-state index in [1.54, 1.807) is 0 Å². The Kier molecular flexibility index (Phi) is 6.72. The quantitative estimate of drug-likeness (QED) is 0.431. The number of hydrogen-bond donors (Lipinski definition) is 3. The van der Waals surface area contributed by atoms with Crippen molar-refractivity contribution in [3.05, 3.63) is 34.9 Å². The zero-order valence-electron chi connectivity index (χ0n) is 21.8. The maximum absolute atomic E-state index is 12.2. The molecule has 2 saturated carbocycles. The first-order valence-electron chi connectivity index (χ1n) is 13.3. The van der Waals surface area contributed by atoms with E-state index in [0.29, 0.717) is 18.8 Å². The van der Waals surface area contributed by atoms with Gasteiger partial charge in [-0.15, -0.1) is 0 Å². The number of aliphatic hydroxyl groups excluding tert-OH is 2. The van der Waals surface area contributed by atoms with Gasteiger partial charge in [0.2, 0.25) is 0 Å². The smallest absolute Gasteiger partial charge is 0.333 e. The summed E-state index contributed by atoms with van der Waals surface area (Å²) >= 11 is 0. The molecule has 0 aromatic rings. The summed E-state index contributed by atoms with van der Waals surface area (Å²) in [5.74, 6) is -0.253. The van der Waals surface area contributed by atoms with Gasteiger partial charge in [0.25, 0.3) is 0 Å². The molecule has 34 heavy (non-hydrogen) atoms. The Hall–Kier alpha value is -1.43. The maximum Gasteiger partial charge on any atom is 0.333 e. The van der Waals surface area contributed by atoms with E-state index in [1.165, 1.54) is 16.7 Å². The van der Waals surface area contributed by atoms with Crippen LogP contribution >= 0.6 is 0 Å². The van der Waals surface area contributed by atoms with E-state index in [4.69, 9.17) is 4.74 Å². The number of aliphatic hydroxyl groups is 2. The third-order valence-corrected chi connectivity index (χ3v) is 10.5. The zero-order valence-corrected chi connectivity index (χ0v) is 21.8. The van der Waals surface area contributed by atoms with Crippen molar-refractivity contribution < 1.29 is 24.9 Å². The van der Waals surface area contributed by atoms with Crippen molar-refractivity contribution in [3.8, 4) is 0 Å². The Morgan fingerprint density at radius 2 is 1.88 bits per heavy atom. The highest BCUT2D eigenvalue weighted by molar-refractivity contribution is 5.73. The minimum atomic E-state index is -0.879. The number of allylic oxidation sites excluding steroid dienone is 4. The zero-order chi connectivity index (χ0) is 25.1. The van der Waals surface area contributed by atoms with Crippen LogP contribution in [0.15, 0.2) is 34.9 Å². The molecule has 4 aliphatic carbocycles. The van der Waals surface area contributed by atoms with Crippen molar-refractivity contribution >= 4 is 5.97 Å². The van der Waals surface area contributed by atoms with Gasteiger partial charge in [-0.25, -0.2) is 4.79 Å². The van der Waals surface area contributed by atoms with Crippen molar-refractivity contribution in [1.29, 1.82) is 0 Å². The third kappa shape index (κ3) is 3.74. The van der Waals surface area contributed by atoms with Gasteiger partial charge in [0.15, 0.2) is 6.10 Å². The number of carbonyl (C=O) groups is 1. The molecule has 190 valence electrons. The highest BCUT2D eigenvalue weighted by Gasteiger charge is 2.57. The number of aliphatic carboxylic acids is 1. The molecule has 5 nitrogen and oxygen atoms in total. The van der Waals surface area contributed by atoms with Crippen molar-refractivity contribution in [2.24, 2.45) is 28.1 Å². The number of fused-ring (bicyclic) bond motifs is 5. The Labute approximate surface area is 205 Å². The lowest BCUT2D eigenvalue weighted by Crippen LogP contribution is -2.52. The topological polar surface area (TPSA) is 87.0 Å². The first-order valence-corrected chi connectivity index (χ1v) is 13.3. The van der Waals surface area contributed by atoms with E-state index >= 15 is 0 Å². The first-order chi connectivity index (χ1) is 15.9. The molecule has 5 heteroatoms. The molecule has 0 aliphatic heterocycles. The van der Waals surface area contributed by atoms with Crippen LogP contribution in [0.25, 0.3) is 0 Å². The van der Waals surface area contributed by atoms with Crippen LogP contribution in [0.3, 0.4) is 0 Å². The van der Waals surface area contributed by atoms with E-state index in [0.717, 1.165) is 32.1 Å².